The van der Waals surface area contributed by atoms with E-state index in [1.54, 1.807) is 6.92 Å². The van der Waals surface area contributed by atoms with Crippen molar-refractivity contribution in [3.63, 3.8) is 0 Å². The lowest BCUT2D eigenvalue weighted by Crippen LogP contribution is -2.38. The quantitative estimate of drug-likeness (QED) is 0.603. The SMILES string of the molecule is C[C@@]1(O)C[C@@H](CO)O[C@H]1n1ccc(N)nc1=O. The zero-order valence-corrected chi connectivity index (χ0v) is 9.41. The number of nitrogens with zero attached hydrogens (tertiary/aromatic N) is 2. The van der Waals surface area contributed by atoms with Gasteiger partial charge in [-0.15, -0.1) is 0 Å². The number of nitrogens with two attached hydrogens (primary N) is 1. The molecule has 0 spiro atoms. The minimum absolute atomic E-state index is 0.114. The van der Waals surface area contributed by atoms with E-state index in [9.17, 15) is 9.90 Å². The predicted molar refractivity (Wildman–Crippen MR) is 59.1 cm³/mol. The molecule has 1 aromatic heterocycles. The minimum Gasteiger partial charge on any atom is -0.394 e. The number of aromatic nitrogens is 2. The maximum absolute atomic E-state index is 11.6. The standard InChI is InChI=1S/C10H15N3O4/c1-10(16)4-6(5-14)17-8(10)13-3-2-7(11)12-9(13)15/h2-3,6,8,14,16H,4-5H2,1H3,(H2,11,12,15)/t6-,8+,10+/m0/s1. The van der Waals surface area contributed by atoms with Crippen molar-refractivity contribution in [2.24, 2.45) is 0 Å². The van der Waals surface area contributed by atoms with Gasteiger partial charge in [0.2, 0.25) is 0 Å². The molecular formula is C10H15N3O4. The van der Waals surface area contributed by atoms with Gasteiger partial charge >= 0.3 is 5.69 Å². The summed E-state index contributed by atoms with van der Waals surface area (Å²) in [5.41, 5.74) is 3.56. The lowest BCUT2D eigenvalue weighted by atomic mass is 10.0. The third-order valence-electron chi connectivity index (χ3n) is 2.80. The largest absolute Gasteiger partial charge is 0.394 e. The number of aliphatic hydroxyl groups excluding tert-OH is 1. The van der Waals surface area contributed by atoms with Crippen LogP contribution in [0.3, 0.4) is 0 Å². The molecule has 3 atom stereocenters. The van der Waals surface area contributed by atoms with Gasteiger partial charge in [-0.3, -0.25) is 4.57 Å². The summed E-state index contributed by atoms with van der Waals surface area (Å²) in [5.74, 6) is 0.114. The molecule has 0 saturated carbocycles. The zero-order valence-electron chi connectivity index (χ0n) is 9.41. The molecule has 0 aliphatic carbocycles. The van der Waals surface area contributed by atoms with E-state index < -0.39 is 23.6 Å². The molecule has 17 heavy (non-hydrogen) atoms. The summed E-state index contributed by atoms with van der Waals surface area (Å²) in [5, 5.41) is 19.2. The fourth-order valence-electron chi connectivity index (χ4n) is 2.02. The van der Waals surface area contributed by atoms with Crippen molar-refractivity contribution < 1.29 is 14.9 Å². The number of aliphatic hydroxyl groups is 2. The highest BCUT2D eigenvalue weighted by Crippen LogP contribution is 2.36. The second-order valence-corrected chi connectivity index (χ2v) is 4.40. The Morgan fingerprint density at radius 3 is 3.00 bits per heavy atom. The van der Waals surface area contributed by atoms with Gasteiger partial charge in [-0.2, -0.15) is 4.98 Å². The van der Waals surface area contributed by atoms with Crippen molar-refractivity contribution in [2.75, 3.05) is 12.3 Å². The molecule has 0 unspecified atom stereocenters. The van der Waals surface area contributed by atoms with Crippen molar-refractivity contribution in [2.45, 2.75) is 31.3 Å². The molecule has 0 aromatic carbocycles. The summed E-state index contributed by atoms with van der Waals surface area (Å²) < 4.78 is 6.59. The average molecular weight is 241 g/mol. The Hall–Kier alpha value is -1.44. The van der Waals surface area contributed by atoms with Crippen molar-refractivity contribution in [3.8, 4) is 0 Å². The van der Waals surface area contributed by atoms with Crippen LogP contribution in [0.15, 0.2) is 17.1 Å². The summed E-state index contributed by atoms with van der Waals surface area (Å²) >= 11 is 0. The molecule has 1 aliphatic rings. The first kappa shape index (κ1) is 12.0. The van der Waals surface area contributed by atoms with Gasteiger partial charge < -0.3 is 20.7 Å². The van der Waals surface area contributed by atoms with Crippen LogP contribution in [0.4, 0.5) is 5.82 Å². The first-order chi connectivity index (χ1) is 7.94. The van der Waals surface area contributed by atoms with Crippen LogP contribution >= 0.6 is 0 Å². The van der Waals surface area contributed by atoms with Crippen molar-refractivity contribution in [3.05, 3.63) is 22.7 Å². The van der Waals surface area contributed by atoms with Crippen LogP contribution in [0.1, 0.15) is 19.6 Å². The number of ether oxygens (including phenoxy) is 1. The van der Waals surface area contributed by atoms with Gasteiger partial charge in [0.1, 0.15) is 11.4 Å². The number of anilines is 1. The maximum Gasteiger partial charge on any atom is 0.351 e. The Bertz CT molecular complexity index is 471. The molecule has 1 aromatic rings. The zero-order chi connectivity index (χ0) is 12.6. The summed E-state index contributed by atoms with van der Waals surface area (Å²) in [6.45, 7) is 1.35. The number of hydrogen-bond acceptors (Lipinski definition) is 6. The third-order valence-corrected chi connectivity index (χ3v) is 2.80. The van der Waals surface area contributed by atoms with Crippen LogP contribution in [0.25, 0.3) is 0 Å². The Labute approximate surface area is 97.5 Å². The van der Waals surface area contributed by atoms with Gasteiger partial charge in [0.25, 0.3) is 0 Å². The summed E-state index contributed by atoms with van der Waals surface area (Å²) in [6, 6.07) is 1.45. The fraction of sp³-hybridized carbons (Fsp3) is 0.600. The average Bonchev–Trinajstić information content (AvgIpc) is 2.54. The van der Waals surface area contributed by atoms with Crippen LogP contribution in [-0.4, -0.2) is 38.1 Å². The van der Waals surface area contributed by atoms with Crippen molar-refractivity contribution in [1.82, 2.24) is 9.55 Å². The Morgan fingerprint density at radius 1 is 1.76 bits per heavy atom. The van der Waals surface area contributed by atoms with E-state index in [4.69, 9.17) is 15.6 Å². The lowest BCUT2D eigenvalue weighted by Gasteiger charge is -2.24. The summed E-state index contributed by atoms with van der Waals surface area (Å²) in [7, 11) is 0. The van der Waals surface area contributed by atoms with Crippen molar-refractivity contribution in [1.29, 1.82) is 0 Å². The number of nitrogen functional groups attached to an aromatic ring is 1. The van der Waals surface area contributed by atoms with Crippen molar-refractivity contribution >= 4 is 5.82 Å². The highest BCUT2D eigenvalue weighted by Gasteiger charge is 2.45. The molecule has 0 radical (unpaired) electrons. The molecule has 2 heterocycles. The second-order valence-electron chi connectivity index (χ2n) is 4.40. The molecule has 0 bridgehead atoms. The second kappa shape index (κ2) is 4.10. The third kappa shape index (κ3) is 2.17. The highest BCUT2D eigenvalue weighted by molar-refractivity contribution is 5.23. The fourth-order valence-corrected chi connectivity index (χ4v) is 2.02. The number of rotatable bonds is 2. The molecule has 94 valence electrons. The molecule has 7 nitrogen and oxygen atoms in total. The van der Waals surface area contributed by atoms with E-state index >= 15 is 0 Å². The maximum atomic E-state index is 11.6. The van der Waals surface area contributed by atoms with Crippen LogP contribution in [0.5, 0.6) is 0 Å². The van der Waals surface area contributed by atoms with E-state index in [0.717, 1.165) is 0 Å². The Balaban J connectivity index is 2.37. The van der Waals surface area contributed by atoms with Gasteiger partial charge in [0.05, 0.1) is 12.7 Å². The van der Waals surface area contributed by atoms with Gasteiger partial charge in [-0.1, -0.05) is 0 Å². The molecule has 4 N–H and O–H groups in total. The molecule has 7 heteroatoms. The molecule has 2 rings (SSSR count). The smallest absolute Gasteiger partial charge is 0.351 e. The van der Waals surface area contributed by atoms with Crippen LogP contribution in [-0.2, 0) is 4.74 Å². The van der Waals surface area contributed by atoms with Gasteiger partial charge in [0, 0.05) is 12.6 Å². The molecule has 0 amide bonds. The van der Waals surface area contributed by atoms with E-state index in [1.165, 1.54) is 16.8 Å². The van der Waals surface area contributed by atoms with Gasteiger partial charge in [-0.25, -0.2) is 4.79 Å². The molecular weight excluding hydrogens is 226 g/mol. The normalized spacial score (nSPS) is 32.9. The van der Waals surface area contributed by atoms with Crippen LogP contribution in [0.2, 0.25) is 0 Å². The monoisotopic (exact) mass is 241 g/mol. The van der Waals surface area contributed by atoms with E-state index in [-0.39, 0.29) is 18.8 Å². The highest BCUT2D eigenvalue weighted by atomic mass is 16.5. The minimum atomic E-state index is -1.23. The molecule has 1 saturated heterocycles. The topological polar surface area (TPSA) is 111 Å². The summed E-state index contributed by atoms with van der Waals surface area (Å²) in [4.78, 5) is 15.2. The van der Waals surface area contributed by atoms with Gasteiger partial charge in [-0.05, 0) is 13.0 Å². The first-order valence-corrected chi connectivity index (χ1v) is 5.27. The Kier molecular flexibility index (Phi) is 2.90. The van der Waals surface area contributed by atoms with E-state index in [2.05, 4.69) is 4.98 Å². The van der Waals surface area contributed by atoms with E-state index in [0.29, 0.717) is 0 Å². The first-order valence-electron chi connectivity index (χ1n) is 5.27. The lowest BCUT2D eigenvalue weighted by molar-refractivity contribution is -0.0896. The molecule has 1 fully saturated rings. The van der Waals surface area contributed by atoms with Crippen LogP contribution in [0, 0.1) is 0 Å². The molecule has 1 aliphatic heterocycles. The van der Waals surface area contributed by atoms with E-state index in [1.807, 2.05) is 0 Å². The van der Waals surface area contributed by atoms with Crippen LogP contribution < -0.4 is 11.4 Å². The summed E-state index contributed by atoms with van der Waals surface area (Å²) in [6.07, 6.45) is 0.328. The Morgan fingerprint density at radius 2 is 2.47 bits per heavy atom. The number of hydrogen-bond donors (Lipinski definition) is 3. The van der Waals surface area contributed by atoms with Gasteiger partial charge in [0.15, 0.2) is 6.23 Å². The predicted octanol–water partition coefficient (Wildman–Crippen LogP) is -1.14.